The maximum Gasteiger partial charge on any atom is 0.330 e. The van der Waals surface area contributed by atoms with Crippen LogP contribution >= 0.6 is 0 Å². The van der Waals surface area contributed by atoms with Gasteiger partial charge in [-0.05, 0) is 12.5 Å². The molecule has 5 nitrogen and oxygen atoms in total. The van der Waals surface area contributed by atoms with Crippen molar-refractivity contribution in [1.29, 1.82) is 0 Å². The van der Waals surface area contributed by atoms with Gasteiger partial charge in [-0.3, -0.25) is 14.5 Å². The number of carboxylic acids is 1. The number of aliphatic carboxylic acids is 1. The molecule has 18 heavy (non-hydrogen) atoms. The van der Waals surface area contributed by atoms with E-state index in [0.29, 0.717) is 6.42 Å². The lowest BCUT2D eigenvalue weighted by atomic mass is 9.84. The number of Topliss-reactive ketones (excluding diaryl/α,β-unsaturated/α-hetero) is 1. The van der Waals surface area contributed by atoms with Gasteiger partial charge in [0.25, 0.3) is 5.91 Å². The van der Waals surface area contributed by atoms with Crippen molar-refractivity contribution in [2.24, 2.45) is 5.41 Å². The topological polar surface area (TPSA) is 74.7 Å². The van der Waals surface area contributed by atoms with Crippen LogP contribution < -0.4 is 0 Å². The van der Waals surface area contributed by atoms with Gasteiger partial charge in [-0.2, -0.15) is 0 Å². The highest BCUT2D eigenvalue weighted by Gasteiger charge is 2.37. The van der Waals surface area contributed by atoms with Crippen molar-refractivity contribution < 1.29 is 19.5 Å². The molecule has 0 fully saturated rings. The first-order valence-corrected chi connectivity index (χ1v) is 5.76. The van der Waals surface area contributed by atoms with E-state index in [9.17, 15) is 14.4 Å². The molecule has 1 amide bonds. The third-order valence-corrected chi connectivity index (χ3v) is 3.13. The molecule has 0 unspecified atom stereocenters. The average Bonchev–Trinajstić information content (AvgIpc) is 2.36. The summed E-state index contributed by atoms with van der Waals surface area (Å²) in [6, 6.07) is -1.11. The Morgan fingerprint density at radius 3 is 2.39 bits per heavy atom. The Kier molecular flexibility index (Phi) is 4.06. The molecule has 0 bridgehead atoms. The van der Waals surface area contributed by atoms with Crippen molar-refractivity contribution in [3.05, 3.63) is 24.4 Å². The van der Waals surface area contributed by atoms with Gasteiger partial charge in [0.15, 0.2) is 6.04 Å². The molecule has 0 radical (unpaired) electrons. The lowest BCUT2D eigenvalue weighted by Gasteiger charge is -2.28. The zero-order chi connectivity index (χ0) is 13.9. The van der Waals surface area contributed by atoms with Crippen LogP contribution in [0, 0.1) is 5.41 Å². The number of rotatable bonds is 4. The SMILES string of the molecule is CCC(C)(C)C(=O)C(=O)N1C=CC=C[C@H]1C(=O)O. The maximum atomic E-state index is 12.0. The molecule has 0 saturated heterocycles. The molecule has 0 aromatic heterocycles. The van der Waals surface area contributed by atoms with Crippen molar-refractivity contribution in [3.63, 3.8) is 0 Å². The molecule has 0 aromatic carbocycles. The highest BCUT2D eigenvalue weighted by molar-refractivity contribution is 6.38. The molecule has 0 saturated carbocycles. The molecule has 1 heterocycles. The summed E-state index contributed by atoms with van der Waals surface area (Å²) >= 11 is 0. The predicted octanol–water partition coefficient (Wildman–Crippen LogP) is 1.36. The summed E-state index contributed by atoms with van der Waals surface area (Å²) in [6.07, 6.45) is 6.28. The summed E-state index contributed by atoms with van der Waals surface area (Å²) in [5.41, 5.74) is -0.783. The number of hydrogen-bond donors (Lipinski definition) is 1. The quantitative estimate of drug-likeness (QED) is 0.765. The van der Waals surface area contributed by atoms with E-state index in [1.165, 1.54) is 24.4 Å². The average molecular weight is 251 g/mol. The van der Waals surface area contributed by atoms with E-state index in [4.69, 9.17) is 5.11 Å². The molecule has 0 aromatic rings. The van der Waals surface area contributed by atoms with Crippen molar-refractivity contribution >= 4 is 17.7 Å². The van der Waals surface area contributed by atoms with E-state index in [1.807, 2.05) is 6.92 Å². The summed E-state index contributed by atoms with van der Waals surface area (Å²) in [7, 11) is 0. The Hall–Kier alpha value is -1.91. The fourth-order valence-corrected chi connectivity index (χ4v) is 1.46. The van der Waals surface area contributed by atoms with Crippen molar-refractivity contribution in [2.75, 3.05) is 0 Å². The summed E-state index contributed by atoms with van der Waals surface area (Å²) in [6.45, 7) is 5.16. The highest BCUT2D eigenvalue weighted by Crippen LogP contribution is 2.23. The molecular formula is C13H17NO4. The first-order valence-electron chi connectivity index (χ1n) is 5.76. The monoisotopic (exact) mass is 251 g/mol. The van der Waals surface area contributed by atoms with Crippen LogP contribution in [0.2, 0.25) is 0 Å². The van der Waals surface area contributed by atoms with Gasteiger partial charge in [0, 0.05) is 11.6 Å². The number of nitrogens with zero attached hydrogens (tertiary/aromatic N) is 1. The maximum absolute atomic E-state index is 12.0. The lowest BCUT2D eigenvalue weighted by Crippen LogP contribution is -2.47. The number of amides is 1. The van der Waals surface area contributed by atoms with Crippen LogP contribution in [0.5, 0.6) is 0 Å². The van der Waals surface area contributed by atoms with Gasteiger partial charge in [0.1, 0.15) is 0 Å². The fourth-order valence-electron chi connectivity index (χ4n) is 1.46. The minimum atomic E-state index is -1.16. The molecule has 1 rings (SSSR count). The van der Waals surface area contributed by atoms with Crippen molar-refractivity contribution in [2.45, 2.75) is 33.2 Å². The number of hydrogen-bond acceptors (Lipinski definition) is 3. The van der Waals surface area contributed by atoms with Gasteiger partial charge in [-0.25, -0.2) is 4.79 Å². The Morgan fingerprint density at radius 1 is 1.28 bits per heavy atom. The van der Waals surface area contributed by atoms with Crippen LogP contribution in [0.4, 0.5) is 0 Å². The van der Waals surface area contributed by atoms with Crippen molar-refractivity contribution in [1.82, 2.24) is 4.90 Å². The van der Waals surface area contributed by atoms with Gasteiger partial charge in [-0.1, -0.05) is 32.9 Å². The zero-order valence-electron chi connectivity index (χ0n) is 10.7. The number of carbonyl (C=O) groups is 3. The molecule has 1 aliphatic rings. The number of carboxylic acid groups (broad SMARTS) is 1. The number of carbonyl (C=O) groups excluding carboxylic acids is 2. The molecule has 98 valence electrons. The zero-order valence-corrected chi connectivity index (χ0v) is 10.7. The molecule has 1 N–H and O–H groups in total. The van der Waals surface area contributed by atoms with Gasteiger partial charge in [-0.15, -0.1) is 0 Å². The highest BCUT2D eigenvalue weighted by atomic mass is 16.4. The molecule has 5 heteroatoms. The van der Waals surface area contributed by atoms with Gasteiger partial charge < -0.3 is 5.11 Å². The number of ketones is 1. The van der Waals surface area contributed by atoms with E-state index in [-0.39, 0.29) is 0 Å². The minimum absolute atomic E-state index is 0.517. The lowest BCUT2D eigenvalue weighted by molar-refractivity contribution is -0.152. The standard InChI is InChI=1S/C13H17NO4/c1-4-13(2,3)10(15)11(16)14-8-6-5-7-9(14)12(17)18/h5-9H,4H2,1-3H3,(H,17,18)/t9-/m0/s1. The second-order valence-corrected chi connectivity index (χ2v) is 4.79. The first kappa shape index (κ1) is 14.2. The van der Waals surface area contributed by atoms with Crippen LogP contribution in [-0.4, -0.2) is 33.7 Å². The van der Waals surface area contributed by atoms with Gasteiger partial charge in [0.05, 0.1) is 0 Å². The Labute approximate surface area is 106 Å². The van der Waals surface area contributed by atoms with E-state index in [2.05, 4.69) is 0 Å². The normalized spacial score (nSPS) is 18.8. The fraction of sp³-hybridized carbons (Fsp3) is 0.462. The minimum Gasteiger partial charge on any atom is -0.479 e. The first-order chi connectivity index (χ1) is 8.31. The van der Waals surface area contributed by atoms with E-state index in [1.54, 1.807) is 13.8 Å². The predicted molar refractivity (Wildman–Crippen MR) is 65.6 cm³/mol. The smallest absolute Gasteiger partial charge is 0.330 e. The number of allylic oxidation sites excluding steroid dienone is 2. The van der Waals surface area contributed by atoms with Crippen LogP contribution in [0.1, 0.15) is 27.2 Å². The van der Waals surface area contributed by atoms with Gasteiger partial charge >= 0.3 is 5.97 Å². The molecule has 0 aliphatic carbocycles. The Morgan fingerprint density at radius 2 is 1.89 bits per heavy atom. The summed E-state index contributed by atoms with van der Waals surface area (Å²) in [4.78, 5) is 36.0. The molecular weight excluding hydrogens is 234 g/mol. The largest absolute Gasteiger partial charge is 0.479 e. The third kappa shape index (κ3) is 2.67. The van der Waals surface area contributed by atoms with Crippen molar-refractivity contribution in [3.8, 4) is 0 Å². The van der Waals surface area contributed by atoms with Crippen LogP contribution in [0.25, 0.3) is 0 Å². The van der Waals surface area contributed by atoms with E-state index >= 15 is 0 Å². The molecule has 1 atom stereocenters. The second kappa shape index (κ2) is 5.16. The van der Waals surface area contributed by atoms with E-state index in [0.717, 1.165) is 4.90 Å². The van der Waals surface area contributed by atoms with Gasteiger partial charge in [0.2, 0.25) is 5.78 Å². The Balaban J connectivity index is 2.96. The van der Waals surface area contributed by atoms with Crippen LogP contribution in [0.3, 0.4) is 0 Å². The van der Waals surface area contributed by atoms with Crippen LogP contribution in [-0.2, 0) is 14.4 Å². The van der Waals surface area contributed by atoms with E-state index < -0.39 is 29.1 Å². The Bertz CT molecular complexity index is 434. The summed E-state index contributed by atoms with van der Waals surface area (Å²) in [5.74, 6) is -2.52. The summed E-state index contributed by atoms with van der Waals surface area (Å²) < 4.78 is 0. The molecule has 0 spiro atoms. The third-order valence-electron chi connectivity index (χ3n) is 3.13. The van der Waals surface area contributed by atoms with Crippen LogP contribution in [0.15, 0.2) is 24.4 Å². The second-order valence-electron chi connectivity index (χ2n) is 4.79. The molecule has 1 aliphatic heterocycles. The summed E-state index contributed by atoms with van der Waals surface area (Å²) in [5, 5.41) is 9.01.